The van der Waals surface area contributed by atoms with E-state index < -0.39 is 0 Å². The van der Waals surface area contributed by atoms with E-state index in [1.165, 1.54) is 37.8 Å². The summed E-state index contributed by atoms with van der Waals surface area (Å²) in [5.74, 6) is 0.542. The van der Waals surface area contributed by atoms with Gasteiger partial charge in [0.15, 0.2) is 0 Å². The summed E-state index contributed by atoms with van der Waals surface area (Å²) in [5, 5.41) is 3.58. The second kappa shape index (κ2) is 9.90. The Balaban J connectivity index is 0.00000240. The number of nitrogens with zero attached hydrogens (tertiary/aromatic N) is 2. The third-order valence-electron chi connectivity index (χ3n) is 6.57. The van der Waals surface area contributed by atoms with E-state index in [2.05, 4.69) is 5.32 Å². The second-order valence-corrected chi connectivity index (χ2v) is 8.47. The van der Waals surface area contributed by atoms with Crippen molar-refractivity contribution in [1.29, 1.82) is 0 Å². The first kappa shape index (κ1) is 22.0. The number of rotatable bonds is 3. The van der Waals surface area contributed by atoms with Gasteiger partial charge in [-0.1, -0.05) is 25.0 Å². The zero-order valence-corrected chi connectivity index (χ0v) is 17.6. The van der Waals surface area contributed by atoms with Crippen LogP contribution in [-0.4, -0.2) is 59.9 Å². The maximum absolute atomic E-state index is 13.3. The molecule has 29 heavy (non-hydrogen) atoms. The van der Waals surface area contributed by atoms with Crippen LogP contribution in [0, 0.1) is 11.7 Å². The van der Waals surface area contributed by atoms with Gasteiger partial charge in [0.05, 0.1) is 12.5 Å². The molecule has 2 heterocycles. The highest BCUT2D eigenvalue weighted by Gasteiger charge is 2.39. The molecule has 3 fully saturated rings. The van der Waals surface area contributed by atoms with Gasteiger partial charge < -0.3 is 15.1 Å². The molecule has 3 atom stereocenters. The molecular weight excluding hydrogens is 393 g/mol. The zero-order valence-electron chi connectivity index (χ0n) is 16.8. The molecule has 160 valence electrons. The van der Waals surface area contributed by atoms with Gasteiger partial charge in [-0.15, -0.1) is 12.4 Å². The fourth-order valence-corrected chi connectivity index (χ4v) is 5.05. The average molecular weight is 424 g/mol. The molecule has 7 heteroatoms. The zero-order chi connectivity index (χ0) is 19.5. The Morgan fingerprint density at radius 2 is 1.79 bits per heavy atom. The monoisotopic (exact) mass is 423 g/mol. The normalized spacial score (nSPS) is 27.0. The van der Waals surface area contributed by atoms with E-state index in [0.717, 1.165) is 12.8 Å². The molecule has 0 bridgehead atoms. The van der Waals surface area contributed by atoms with Crippen LogP contribution in [0.25, 0.3) is 0 Å². The number of carbonyl (C=O) groups excluding carboxylic acids is 2. The highest BCUT2D eigenvalue weighted by molar-refractivity contribution is 5.85. The third-order valence-corrected chi connectivity index (χ3v) is 6.57. The number of benzene rings is 1. The van der Waals surface area contributed by atoms with Crippen LogP contribution >= 0.6 is 12.4 Å². The van der Waals surface area contributed by atoms with Crippen molar-refractivity contribution in [2.24, 2.45) is 5.92 Å². The number of carbonyl (C=O) groups is 2. The van der Waals surface area contributed by atoms with Crippen molar-refractivity contribution >= 4 is 24.2 Å². The Morgan fingerprint density at radius 3 is 2.59 bits per heavy atom. The molecule has 2 saturated heterocycles. The van der Waals surface area contributed by atoms with Gasteiger partial charge in [-0.2, -0.15) is 0 Å². The number of nitrogens with one attached hydrogen (secondary N) is 1. The maximum atomic E-state index is 13.3. The molecule has 1 N–H and O–H groups in total. The lowest BCUT2D eigenvalue weighted by molar-refractivity contribution is -0.134. The van der Waals surface area contributed by atoms with Crippen LogP contribution < -0.4 is 5.32 Å². The van der Waals surface area contributed by atoms with Gasteiger partial charge in [0.2, 0.25) is 11.8 Å². The first-order chi connectivity index (χ1) is 13.6. The lowest BCUT2D eigenvalue weighted by Crippen LogP contribution is -2.47. The van der Waals surface area contributed by atoms with Crippen molar-refractivity contribution in [2.75, 3.05) is 26.2 Å². The predicted octanol–water partition coefficient (Wildman–Crippen LogP) is 2.77. The van der Waals surface area contributed by atoms with E-state index in [4.69, 9.17) is 0 Å². The Labute approximate surface area is 178 Å². The number of halogens is 2. The SMILES string of the molecule is Cl.O=C(Cc1cccc(F)c1)N1CCCN(C(=O)C2CC3CCCCC3N2)CC1. The van der Waals surface area contributed by atoms with Crippen molar-refractivity contribution < 1.29 is 14.0 Å². The molecule has 1 aromatic carbocycles. The topological polar surface area (TPSA) is 52.7 Å². The largest absolute Gasteiger partial charge is 0.341 e. The standard InChI is InChI=1S/C22H30FN3O2.ClH/c23-18-7-3-5-16(13-18)14-21(27)25-9-4-10-26(12-11-25)22(28)20-15-17-6-1-2-8-19(17)24-20;/h3,5,7,13,17,19-20,24H,1-2,4,6,8-12,14-15H2;1H. The summed E-state index contributed by atoms with van der Waals surface area (Å²) in [4.78, 5) is 29.4. The smallest absolute Gasteiger partial charge is 0.239 e. The highest BCUT2D eigenvalue weighted by atomic mass is 35.5. The molecule has 2 aliphatic heterocycles. The van der Waals surface area contributed by atoms with Gasteiger partial charge in [0.1, 0.15) is 5.82 Å². The van der Waals surface area contributed by atoms with Crippen molar-refractivity contribution in [3.05, 3.63) is 35.6 Å². The minimum Gasteiger partial charge on any atom is -0.341 e. The van der Waals surface area contributed by atoms with Crippen LogP contribution in [-0.2, 0) is 16.0 Å². The van der Waals surface area contributed by atoms with Crippen LogP contribution in [0.5, 0.6) is 0 Å². The van der Waals surface area contributed by atoms with E-state index in [1.807, 2.05) is 9.80 Å². The first-order valence-corrected chi connectivity index (χ1v) is 10.7. The van der Waals surface area contributed by atoms with Crippen LogP contribution in [0.3, 0.4) is 0 Å². The summed E-state index contributed by atoms with van der Waals surface area (Å²) in [6, 6.07) is 6.67. The van der Waals surface area contributed by atoms with Crippen molar-refractivity contribution in [2.45, 2.75) is 57.0 Å². The predicted molar refractivity (Wildman–Crippen MR) is 112 cm³/mol. The average Bonchev–Trinajstić information content (AvgIpc) is 2.96. The van der Waals surface area contributed by atoms with Gasteiger partial charge in [0, 0.05) is 32.2 Å². The minimum atomic E-state index is -0.317. The molecule has 1 aromatic rings. The molecule has 4 rings (SSSR count). The molecule has 3 aliphatic rings. The number of amides is 2. The van der Waals surface area contributed by atoms with E-state index in [-0.39, 0.29) is 42.5 Å². The van der Waals surface area contributed by atoms with Gasteiger partial charge in [-0.25, -0.2) is 4.39 Å². The molecule has 0 spiro atoms. The fourth-order valence-electron chi connectivity index (χ4n) is 5.05. The number of hydrogen-bond donors (Lipinski definition) is 1. The molecule has 3 unspecified atom stereocenters. The van der Waals surface area contributed by atoms with Crippen LogP contribution in [0.15, 0.2) is 24.3 Å². The maximum Gasteiger partial charge on any atom is 0.239 e. The van der Waals surface area contributed by atoms with Crippen molar-refractivity contribution in [1.82, 2.24) is 15.1 Å². The Bertz CT molecular complexity index is 718. The lowest BCUT2D eigenvalue weighted by Gasteiger charge is -2.25. The summed E-state index contributed by atoms with van der Waals surface area (Å²) >= 11 is 0. The number of fused-ring (bicyclic) bond motifs is 1. The Kier molecular flexibility index (Phi) is 7.52. The van der Waals surface area contributed by atoms with E-state index in [1.54, 1.807) is 12.1 Å². The summed E-state index contributed by atoms with van der Waals surface area (Å²) in [5.41, 5.74) is 0.694. The second-order valence-electron chi connectivity index (χ2n) is 8.47. The molecule has 1 aliphatic carbocycles. The minimum absolute atomic E-state index is 0. The first-order valence-electron chi connectivity index (χ1n) is 10.7. The van der Waals surface area contributed by atoms with Crippen molar-refractivity contribution in [3.8, 4) is 0 Å². The Morgan fingerprint density at radius 1 is 1.03 bits per heavy atom. The van der Waals surface area contributed by atoms with Crippen molar-refractivity contribution in [3.63, 3.8) is 0 Å². The van der Waals surface area contributed by atoms with E-state index in [0.29, 0.717) is 43.7 Å². The van der Waals surface area contributed by atoms with E-state index >= 15 is 0 Å². The molecule has 0 aromatic heterocycles. The lowest BCUT2D eigenvalue weighted by atomic mass is 9.85. The molecular formula is C22H31ClFN3O2. The van der Waals surface area contributed by atoms with Crippen LogP contribution in [0.1, 0.15) is 44.1 Å². The highest BCUT2D eigenvalue weighted by Crippen LogP contribution is 2.33. The van der Waals surface area contributed by atoms with Crippen LogP contribution in [0.4, 0.5) is 4.39 Å². The van der Waals surface area contributed by atoms with Gasteiger partial charge in [0.25, 0.3) is 0 Å². The Hall–Kier alpha value is -1.66. The molecule has 2 amide bonds. The molecule has 1 saturated carbocycles. The summed E-state index contributed by atoms with van der Waals surface area (Å²) in [7, 11) is 0. The summed E-state index contributed by atoms with van der Waals surface area (Å²) in [6.07, 6.45) is 6.94. The van der Waals surface area contributed by atoms with Gasteiger partial charge >= 0.3 is 0 Å². The van der Waals surface area contributed by atoms with E-state index in [9.17, 15) is 14.0 Å². The van der Waals surface area contributed by atoms with Gasteiger partial charge in [-0.05, 0) is 49.3 Å². The molecule has 0 radical (unpaired) electrons. The van der Waals surface area contributed by atoms with Gasteiger partial charge in [-0.3, -0.25) is 9.59 Å². The summed E-state index contributed by atoms with van der Waals surface area (Å²) in [6.45, 7) is 2.50. The fraction of sp³-hybridized carbons (Fsp3) is 0.636. The number of hydrogen-bond acceptors (Lipinski definition) is 3. The third kappa shape index (κ3) is 5.28. The summed E-state index contributed by atoms with van der Waals surface area (Å²) < 4.78 is 13.3. The molecule has 5 nitrogen and oxygen atoms in total. The quantitative estimate of drug-likeness (QED) is 0.813. The van der Waals surface area contributed by atoms with Crippen LogP contribution in [0.2, 0.25) is 0 Å².